The van der Waals surface area contributed by atoms with Crippen molar-refractivity contribution < 1.29 is 32.5 Å². The predicted molar refractivity (Wildman–Crippen MR) is 154 cm³/mol. The summed E-state index contributed by atoms with van der Waals surface area (Å²) in [6.07, 6.45) is 3.31. The Bertz CT molecular complexity index is 1110. The second kappa shape index (κ2) is 15.1. The molecule has 0 unspecified atom stereocenters. The highest BCUT2D eigenvalue weighted by Crippen LogP contribution is 2.64. The van der Waals surface area contributed by atoms with Gasteiger partial charge in [0.2, 0.25) is 0 Å². The topological polar surface area (TPSA) is 102 Å². The molecule has 2 aromatic rings. The molecule has 0 radical (unpaired) electrons. The van der Waals surface area contributed by atoms with Gasteiger partial charge in [-0.25, -0.2) is 13.7 Å². The summed E-state index contributed by atoms with van der Waals surface area (Å²) in [4.78, 5) is 25.8. The molecule has 0 spiro atoms. The second-order valence-electron chi connectivity index (χ2n) is 8.97. The van der Waals surface area contributed by atoms with Crippen LogP contribution in [0.4, 0.5) is 0 Å². The van der Waals surface area contributed by atoms with Gasteiger partial charge in [-0.15, -0.1) is 13.2 Å². The average Bonchev–Trinajstić information content (AvgIpc) is 2.92. The first-order valence-corrected chi connectivity index (χ1v) is 16.4. The lowest BCUT2D eigenvalue weighted by atomic mass is 10.1. The maximum absolute atomic E-state index is 14.2. The predicted octanol–water partition coefficient (Wildman–Crippen LogP) is 5.19. The van der Waals surface area contributed by atoms with Gasteiger partial charge < -0.3 is 9.47 Å². The first kappa shape index (κ1) is 32.4. The highest BCUT2D eigenvalue weighted by atomic mass is 31.2. The summed E-state index contributed by atoms with van der Waals surface area (Å²) in [6.45, 7) is 10.0. The van der Waals surface area contributed by atoms with Gasteiger partial charge in [0.1, 0.15) is 12.1 Å². The molecule has 0 saturated heterocycles. The number of carbonyl (C=O) groups excluding carboxylic acids is 2. The largest absolute Gasteiger partial charge is 0.468 e. The number of carbonyl (C=O) groups is 2. The van der Waals surface area contributed by atoms with Gasteiger partial charge in [0, 0.05) is 26.4 Å². The molecule has 0 saturated carbocycles. The van der Waals surface area contributed by atoms with Crippen LogP contribution in [-0.4, -0.2) is 74.0 Å². The lowest BCUT2D eigenvalue weighted by Crippen LogP contribution is -2.43. The molecule has 0 amide bonds. The number of nitrogens with zero attached hydrogens (tertiary/aromatic N) is 2. The fourth-order valence-corrected chi connectivity index (χ4v) is 9.45. The molecule has 2 aromatic carbocycles. The summed E-state index contributed by atoms with van der Waals surface area (Å²) in [6, 6.07) is 16.3. The van der Waals surface area contributed by atoms with Crippen molar-refractivity contribution in [3.8, 4) is 0 Å². The van der Waals surface area contributed by atoms with Gasteiger partial charge in [0.15, 0.2) is 0 Å². The van der Waals surface area contributed by atoms with Crippen molar-refractivity contribution in [1.29, 1.82) is 0 Å². The lowest BCUT2D eigenvalue weighted by molar-refractivity contribution is -0.145. The summed E-state index contributed by atoms with van der Waals surface area (Å²) in [5.74, 6) is -1.26. The molecule has 4 atom stereocenters. The van der Waals surface area contributed by atoms with Crippen molar-refractivity contribution in [2.24, 2.45) is 0 Å². The third-order valence-electron chi connectivity index (χ3n) is 6.08. The van der Waals surface area contributed by atoms with E-state index in [4.69, 9.17) is 13.8 Å². The molecule has 0 aliphatic rings. The summed E-state index contributed by atoms with van der Waals surface area (Å²) < 4.78 is 47.1. The number of hydrogen-bond acceptors (Lipinski definition) is 7. The van der Waals surface area contributed by atoms with Crippen molar-refractivity contribution >= 4 is 27.0 Å². The first-order chi connectivity index (χ1) is 18.5. The van der Waals surface area contributed by atoms with Crippen LogP contribution in [0.2, 0.25) is 0 Å². The van der Waals surface area contributed by atoms with Crippen LogP contribution in [0, 0.1) is 0 Å². The molecule has 39 heavy (non-hydrogen) atoms. The Labute approximate surface area is 231 Å². The lowest BCUT2D eigenvalue weighted by Gasteiger charge is -2.38. The van der Waals surface area contributed by atoms with E-state index >= 15 is 0 Å². The number of esters is 2. The minimum Gasteiger partial charge on any atom is -0.468 e. The fraction of sp³-hybridized carbons (Fsp3) is 0.357. The van der Waals surface area contributed by atoms with E-state index in [9.17, 15) is 18.7 Å². The zero-order valence-electron chi connectivity index (χ0n) is 23.0. The number of methoxy groups -OCH3 is 2. The van der Waals surface area contributed by atoms with Crippen LogP contribution in [0.15, 0.2) is 86.0 Å². The molecule has 0 N–H and O–H groups in total. The van der Waals surface area contributed by atoms with E-state index in [0.29, 0.717) is 0 Å². The normalized spacial score (nSPS) is 15.9. The van der Waals surface area contributed by atoms with E-state index in [1.165, 1.54) is 49.0 Å². The highest BCUT2D eigenvalue weighted by molar-refractivity contribution is 7.69. The summed E-state index contributed by atoms with van der Waals surface area (Å²) >= 11 is 0. The first-order valence-electron chi connectivity index (χ1n) is 12.4. The quantitative estimate of drug-likeness (QED) is 0.152. The van der Waals surface area contributed by atoms with Crippen LogP contribution in [0.1, 0.15) is 11.1 Å². The van der Waals surface area contributed by atoms with Gasteiger partial charge in [-0.2, -0.15) is 0 Å². The number of hydrogen-bond donors (Lipinski definition) is 0. The van der Waals surface area contributed by atoms with Crippen LogP contribution in [-0.2, 0) is 45.3 Å². The molecule has 2 rings (SSSR count). The van der Waals surface area contributed by atoms with Gasteiger partial charge >= 0.3 is 11.9 Å². The summed E-state index contributed by atoms with van der Waals surface area (Å²) in [5.41, 5.74) is 1.62. The molecule has 11 heteroatoms. The van der Waals surface area contributed by atoms with Crippen LogP contribution < -0.4 is 0 Å². The SMILES string of the molecule is C=CCN([C@@H](Cc1ccccc1)C(=O)OC)[P@@](C)(=O)O[P@@](C)(=O)N(CC=C)[C@@H](Cc1ccccc1)C(=O)OC. The standard InChI is InChI=1S/C28H38N2O7P2/c1-7-19-29(25(27(31)35-3)21-23-15-11-9-12-16-23)38(5,33)37-39(6,34)30(20-8-2)26(28(32)36-4)22-24-17-13-10-14-18-24/h7-18,25-26H,1-2,19-22H2,3-6H3/t25-,26-,38-,39+/m0/s1. The van der Waals surface area contributed by atoms with Crippen molar-refractivity contribution in [1.82, 2.24) is 9.34 Å². The van der Waals surface area contributed by atoms with E-state index < -0.39 is 39.1 Å². The monoisotopic (exact) mass is 576 g/mol. The fourth-order valence-electron chi connectivity index (χ4n) is 4.26. The van der Waals surface area contributed by atoms with Crippen LogP contribution in [0.5, 0.6) is 0 Å². The smallest absolute Gasteiger partial charge is 0.323 e. The van der Waals surface area contributed by atoms with Gasteiger partial charge in [-0.3, -0.25) is 18.7 Å². The third-order valence-corrected chi connectivity index (χ3v) is 11.3. The molecule has 0 bridgehead atoms. The Morgan fingerprint density at radius 1 is 0.744 bits per heavy atom. The molecular weight excluding hydrogens is 538 g/mol. The molecule has 0 aromatic heterocycles. The molecule has 0 heterocycles. The highest BCUT2D eigenvalue weighted by Gasteiger charge is 2.45. The van der Waals surface area contributed by atoms with Gasteiger partial charge in [0.05, 0.1) is 14.2 Å². The summed E-state index contributed by atoms with van der Waals surface area (Å²) in [7, 11) is -5.45. The van der Waals surface area contributed by atoms with Crippen molar-refractivity contribution in [2.75, 3.05) is 40.6 Å². The average molecular weight is 577 g/mol. The van der Waals surface area contributed by atoms with Crippen molar-refractivity contribution in [3.05, 3.63) is 97.1 Å². The van der Waals surface area contributed by atoms with Crippen molar-refractivity contribution in [3.63, 3.8) is 0 Å². The van der Waals surface area contributed by atoms with E-state index in [1.807, 2.05) is 60.7 Å². The maximum atomic E-state index is 14.2. The van der Waals surface area contributed by atoms with E-state index in [0.717, 1.165) is 11.1 Å². The van der Waals surface area contributed by atoms with Gasteiger partial charge in [0.25, 0.3) is 15.0 Å². The van der Waals surface area contributed by atoms with E-state index in [1.54, 1.807) is 0 Å². The van der Waals surface area contributed by atoms with Crippen LogP contribution in [0.3, 0.4) is 0 Å². The summed E-state index contributed by atoms with van der Waals surface area (Å²) in [5, 5.41) is 0. The Kier molecular flexibility index (Phi) is 12.6. The molecule has 0 aliphatic heterocycles. The van der Waals surface area contributed by atoms with Crippen molar-refractivity contribution in [2.45, 2.75) is 24.9 Å². The number of ether oxygens (including phenoxy) is 2. The second-order valence-corrected chi connectivity index (χ2v) is 13.9. The van der Waals surface area contributed by atoms with Gasteiger partial charge in [-0.1, -0.05) is 72.8 Å². The Hall–Kier alpha value is -2.80. The minimum absolute atomic E-state index is 0.00766. The number of rotatable bonds is 16. The maximum Gasteiger partial charge on any atom is 0.323 e. The Morgan fingerprint density at radius 2 is 1.08 bits per heavy atom. The molecular formula is C28H38N2O7P2. The van der Waals surface area contributed by atoms with E-state index in [2.05, 4.69) is 13.2 Å². The van der Waals surface area contributed by atoms with Gasteiger partial charge in [-0.05, 0) is 24.0 Å². The minimum atomic E-state index is -3.97. The molecule has 0 fully saturated rings. The number of benzene rings is 2. The van der Waals surface area contributed by atoms with Crippen LogP contribution >= 0.6 is 15.0 Å². The third kappa shape index (κ3) is 9.13. The molecule has 212 valence electrons. The zero-order valence-corrected chi connectivity index (χ0v) is 24.8. The van der Waals surface area contributed by atoms with E-state index in [-0.39, 0.29) is 25.9 Å². The zero-order chi connectivity index (χ0) is 29.1. The molecule has 9 nitrogen and oxygen atoms in total. The molecule has 0 aliphatic carbocycles. The Morgan fingerprint density at radius 3 is 1.36 bits per heavy atom. The van der Waals surface area contributed by atoms with Crippen LogP contribution in [0.25, 0.3) is 0 Å². The Balaban J connectivity index is 2.48.